The first kappa shape index (κ1) is 20.7. The van der Waals surface area contributed by atoms with Gasteiger partial charge in [0.1, 0.15) is 24.4 Å². The standard InChI is InChI=1S/C8H16O5.C6H12O4/c1-2-12-7-3-5(10)8(11)6(4-9)13-7;7-3-5-6(9)4(8)1-2-10-5/h5-11H,2-4H2,1H3;4-9H,1-3H2/t5?,6-,7+,8+;/m1./s1. The predicted molar refractivity (Wildman–Crippen MR) is 77.5 cm³/mol. The Morgan fingerprint density at radius 2 is 1.57 bits per heavy atom. The van der Waals surface area contributed by atoms with E-state index in [0.717, 1.165) is 0 Å². The number of hydrogen-bond donors (Lipinski definition) is 6. The maximum Gasteiger partial charge on any atom is 0.160 e. The first-order valence-corrected chi connectivity index (χ1v) is 7.77. The first-order valence-electron chi connectivity index (χ1n) is 7.77. The van der Waals surface area contributed by atoms with Crippen molar-refractivity contribution in [3.05, 3.63) is 0 Å². The monoisotopic (exact) mass is 340 g/mol. The highest BCUT2D eigenvalue weighted by atomic mass is 16.7. The highest BCUT2D eigenvalue weighted by Crippen LogP contribution is 2.20. The molecule has 0 aliphatic carbocycles. The second-order valence-corrected chi connectivity index (χ2v) is 5.47. The van der Waals surface area contributed by atoms with Gasteiger partial charge in [-0.1, -0.05) is 0 Å². The summed E-state index contributed by atoms with van der Waals surface area (Å²) in [6.45, 7) is 2.14. The third-order valence-electron chi connectivity index (χ3n) is 3.77. The van der Waals surface area contributed by atoms with Crippen LogP contribution in [0.15, 0.2) is 0 Å². The molecule has 7 atom stereocenters. The third kappa shape index (κ3) is 6.22. The van der Waals surface area contributed by atoms with Crippen LogP contribution in [0.3, 0.4) is 0 Å². The van der Waals surface area contributed by atoms with E-state index < -0.39 is 42.9 Å². The molecule has 0 bridgehead atoms. The molecular formula is C14H28O9. The lowest BCUT2D eigenvalue weighted by Crippen LogP contribution is -2.50. The van der Waals surface area contributed by atoms with Crippen LogP contribution in [0.1, 0.15) is 19.8 Å². The number of aliphatic hydroxyl groups is 6. The van der Waals surface area contributed by atoms with Gasteiger partial charge < -0.3 is 44.8 Å². The molecular weight excluding hydrogens is 312 g/mol. The van der Waals surface area contributed by atoms with Crippen LogP contribution in [0, 0.1) is 0 Å². The van der Waals surface area contributed by atoms with E-state index in [2.05, 4.69) is 0 Å². The normalized spacial score (nSPS) is 41.1. The Balaban J connectivity index is 0.000000238. The van der Waals surface area contributed by atoms with Crippen LogP contribution in [0.25, 0.3) is 0 Å². The summed E-state index contributed by atoms with van der Waals surface area (Å²) in [6, 6.07) is 0. The van der Waals surface area contributed by atoms with Gasteiger partial charge in [0.15, 0.2) is 6.29 Å². The van der Waals surface area contributed by atoms with Crippen LogP contribution < -0.4 is 0 Å². The SMILES string of the molecule is CCO[C@@H]1CC(O)[C@H](O)[C@@H](CO)O1.OCC1OCCC(O)C1O. The summed E-state index contributed by atoms with van der Waals surface area (Å²) in [5.41, 5.74) is 0. The molecule has 0 aromatic rings. The summed E-state index contributed by atoms with van der Waals surface area (Å²) in [5, 5.41) is 54.2. The highest BCUT2D eigenvalue weighted by molar-refractivity contribution is 4.82. The van der Waals surface area contributed by atoms with Gasteiger partial charge in [0.25, 0.3) is 0 Å². The maximum atomic E-state index is 9.36. The van der Waals surface area contributed by atoms with Gasteiger partial charge in [-0.15, -0.1) is 0 Å². The van der Waals surface area contributed by atoms with Crippen LogP contribution in [0.2, 0.25) is 0 Å². The van der Waals surface area contributed by atoms with Crippen molar-refractivity contribution in [2.45, 2.75) is 62.7 Å². The molecule has 2 rings (SSSR count). The van der Waals surface area contributed by atoms with Crippen LogP contribution in [0.5, 0.6) is 0 Å². The lowest BCUT2D eigenvalue weighted by molar-refractivity contribution is -0.255. The van der Waals surface area contributed by atoms with Crippen LogP contribution >= 0.6 is 0 Å². The topological polar surface area (TPSA) is 149 Å². The van der Waals surface area contributed by atoms with E-state index in [4.69, 9.17) is 34.6 Å². The Kier molecular flexibility index (Phi) is 9.44. The molecule has 2 aliphatic heterocycles. The average molecular weight is 340 g/mol. The molecule has 0 aromatic carbocycles. The summed E-state index contributed by atoms with van der Waals surface area (Å²) in [7, 11) is 0. The minimum absolute atomic E-state index is 0.238. The first-order chi connectivity index (χ1) is 10.9. The smallest absolute Gasteiger partial charge is 0.160 e. The fourth-order valence-electron chi connectivity index (χ4n) is 2.38. The van der Waals surface area contributed by atoms with E-state index in [-0.39, 0.29) is 19.6 Å². The van der Waals surface area contributed by atoms with E-state index in [1.807, 2.05) is 6.92 Å². The Bertz CT molecular complexity index is 317. The number of ether oxygens (including phenoxy) is 3. The molecule has 0 saturated carbocycles. The zero-order valence-electron chi connectivity index (χ0n) is 13.2. The lowest BCUT2D eigenvalue weighted by atomic mass is 10.0. The van der Waals surface area contributed by atoms with Gasteiger partial charge in [0.05, 0.1) is 25.4 Å². The van der Waals surface area contributed by atoms with Gasteiger partial charge in [-0.05, 0) is 13.3 Å². The molecule has 2 saturated heterocycles. The molecule has 2 fully saturated rings. The van der Waals surface area contributed by atoms with Crippen molar-refractivity contribution in [3.63, 3.8) is 0 Å². The molecule has 0 amide bonds. The Morgan fingerprint density at radius 3 is 2.09 bits per heavy atom. The molecule has 6 N–H and O–H groups in total. The third-order valence-corrected chi connectivity index (χ3v) is 3.77. The zero-order chi connectivity index (χ0) is 17.4. The largest absolute Gasteiger partial charge is 0.394 e. The van der Waals surface area contributed by atoms with Gasteiger partial charge in [-0.3, -0.25) is 0 Å². The molecule has 0 radical (unpaired) electrons. The molecule has 0 aromatic heterocycles. The summed E-state index contributed by atoms with van der Waals surface area (Å²) < 4.78 is 15.3. The van der Waals surface area contributed by atoms with Crippen molar-refractivity contribution in [1.29, 1.82) is 0 Å². The fourth-order valence-corrected chi connectivity index (χ4v) is 2.38. The molecule has 9 nitrogen and oxygen atoms in total. The minimum atomic E-state index is -1.03. The van der Waals surface area contributed by atoms with Crippen molar-refractivity contribution in [1.82, 2.24) is 0 Å². The van der Waals surface area contributed by atoms with E-state index >= 15 is 0 Å². The summed E-state index contributed by atoms with van der Waals surface area (Å²) in [6.07, 6.45) is -4.79. The van der Waals surface area contributed by atoms with Gasteiger partial charge in [-0.2, -0.15) is 0 Å². The van der Waals surface area contributed by atoms with Gasteiger partial charge in [0.2, 0.25) is 0 Å². The van der Waals surface area contributed by atoms with Crippen molar-refractivity contribution in [3.8, 4) is 0 Å². The van der Waals surface area contributed by atoms with E-state index in [1.165, 1.54) is 0 Å². The second kappa shape index (κ2) is 10.5. The zero-order valence-corrected chi connectivity index (χ0v) is 13.2. The van der Waals surface area contributed by atoms with Gasteiger partial charge in [-0.25, -0.2) is 0 Å². The second-order valence-electron chi connectivity index (χ2n) is 5.47. The molecule has 23 heavy (non-hydrogen) atoms. The highest BCUT2D eigenvalue weighted by Gasteiger charge is 2.36. The van der Waals surface area contributed by atoms with E-state index in [9.17, 15) is 10.2 Å². The Labute approximate surface area is 135 Å². The van der Waals surface area contributed by atoms with E-state index in [0.29, 0.717) is 19.6 Å². The number of hydrogen-bond acceptors (Lipinski definition) is 9. The van der Waals surface area contributed by atoms with Crippen LogP contribution in [0.4, 0.5) is 0 Å². The molecule has 0 spiro atoms. The maximum absolute atomic E-state index is 9.36. The summed E-state index contributed by atoms with van der Waals surface area (Å²) >= 11 is 0. The van der Waals surface area contributed by atoms with Crippen LogP contribution in [-0.4, -0.2) is 100.0 Å². The fraction of sp³-hybridized carbons (Fsp3) is 1.00. The Hall–Kier alpha value is -0.360. The number of aliphatic hydroxyl groups excluding tert-OH is 6. The summed E-state index contributed by atoms with van der Waals surface area (Å²) in [5.74, 6) is 0. The quantitative estimate of drug-likeness (QED) is 0.322. The average Bonchev–Trinajstić information content (AvgIpc) is 2.54. The molecule has 2 heterocycles. The van der Waals surface area contributed by atoms with Crippen LogP contribution in [-0.2, 0) is 14.2 Å². The molecule has 4 unspecified atom stereocenters. The van der Waals surface area contributed by atoms with Crippen molar-refractivity contribution < 1.29 is 44.8 Å². The molecule has 9 heteroatoms. The Morgan fingerprint density at radius 1 is 0.957 bits per heavy atom. The van der Waals surface area contributed by atoms with E-state index in [1.54, 1.807) is 0 Å². The van der Waals surface area contributed by atoms with Gasteiger partial charge >= 0.3 is 0 Å². The predicted octanol–water partition coefficient (Wildman–Crippen LogP) is -2.66. The molecule has 138 valence electrons. The van der Waals surface area contributed by atoms with Gasteiger partial charge in [0, 0.05) is 19.6 Å². The number of rotatable bonds is 4. The lowest BCUT2D eigenvalue weighted by Gasteiger charge is -2.35. The summed E-state index contributed by atoms with van der Waals surface area (Å²) in [4.78, 5) is 0. The minimum Gasteiger partial charge on any atom is -0.394 e. The molecule has 2 aliphatic rings. The van der Waals surface area contributed by atoms with Crippen molar-refractivity contribution in [2.24, 2.45) is 0 Å². The van der Waals surface area contributed by atoms with Crippen molar-refractivity contribution >= 4 is 0 Å². The van der Waals surface area contributed by atoms with Crippen molar-refractivity contribution in [2.75, 3.05) is 26.4 Å².